The van der Waals surface area contributed by atoms with Gasteiger partial charge in [0, 0.05) is 27.7 Å². The maximum atomic E-state index is 13.9. The number of nitrogens with zero attached hydrogens (tertiary/aromatic N) is 5. The van der Waals surface area contributed by atoms with Crippen molar-refractivity contribution in [3.8, 4) is 0 Å². The third-order valence-corrected chi connectivity index (χ3v) is 7.98. The molecule has 0 atom stereocenters. The Bertz CT molecular complexity index is 1350. The van der Waals surface area contributed by atoms with Gasteiger partial charge in [0.1, 0.15) is 11.4 Å². The van der Waals surface area contributed by atoms with Crippen molar-refractivity contribution >= 4 is 46.7 Å². The number of nitrogens with one attached hydrogen (secondary N) is 2. The maximum Gasteiger partial charge on any atom is 0.274 e. The third-order valence-electron chi connectivity index (χ3n) is 7.54. The standard InChI is InChI=1S/C27H29Cl2N7O2/c1-26(2,3)19-8-10-27(11-9-19)31-22(18-12-20(28)14-21(29)13-18)24(38)36(27)15-16-4-6-17(7-5-16)23(37)30-25-32-34-35-33-25/h4-7,12-14,19H,8-11,15H2,1-3H3,(H2,30,32,33,34,35,37). The molecule has 2 amide bonds. The van der Waals surface area contributed by atoms with Crippen LogP contribution in [0.4, 0.5) is 5.95 Å². The van der Waals surface area contributed by atoms with E-state index in [0.29, 0.717) is 39.3 Å². The van der Waals surface area contributed by atoms with Crippen LogP contribution in [-0.2, 0) is 11.3 Å². The first kappa shape index (κ1) is 26.3. The highest BCUT2D eigenvalue weighted by molar-refractivity contribution is 6.47. The number of aliphatic imine (C=N–C) groups is 1. The lowest BCUT2D eigenvalue weighted by Crippen LogP contribution is -2.49. The van der Waals surface area contributed by atoms with E-state index < -0.39 is 5.66 Å². The van der Waals surface area contributed by atoms with Crippen LogP contribution in [0.2, 0.25) is 10.0 Å². The molecule has 1 aliphatic carbocycles. The van der Waals surface area contributed by atoms with Gasteiger partial charge in [0.15, 0.2) is 0 Å². The van der Waals surface area contributed by atoms with E-state index in [1.807, 2.05) is 17.0 Å². The number of aromatic nitrogens is 4. The summed E-state index contributed by atoms with van der Waals surface area (Å²) < 4.78 is 0. The normalized spacial score (nSPS) is 21.6. The SMILES string of the molecule is CC(C)(C)C1CCC2(CC1)N=C(c1cc(Cl)cc(Cl)c1)C(=O)N2Cc1ccc(C(=O)Nc2nn[nH]n2)cc1. The van der Waals surface area contributed by atoms with Crippen molar-refractivity contribution in [2.45, 2.75) is 58.7 Å². The number of tetrazole rings is 1. The lowest BCUT2D eigenvalue weighted by atomic mass is 9.69. The Morgan fingerprint density at radius 3 is 2.34 bits per heavy atom. The highest BCUT2D eigenvalue weighted by atomic mass is 35.5. The second-order valence-corrected chi connectivity index (χ2v) is 11.9. The summed E-state index contributed by atoms with van der Waals surface area (Å²) in [4.78, 5) is 33.3. The van der Waals surface area contributed by atoms with Crippen molar-refractivity contribution in [1.29, 1.82) is 0 Å². The minimum atomic E-state index is -0.627. The number of rotatable bonds is 5. The molecule has 0 saturated heterocycles. The Labute approximate surface area is 231 Å². The zero-order valence-electron chi connectivity index (χ0n) is 21.5. The second kappa shape index (κ2) is 10.1. The van der Waals surface area contributed by atoms with Crippen LogP contribution in [-0.4, -0.2) is 48.7 Å². The molecular weight excluding hydrogens is 525 g/mol. The van der Waals surface area contributed by atoms with E-state index in [4.69, 9.17) is 28.2 Å². The molecule has 1 saturated carbocycles. The predicted molar refractivity (Wildman–Crippen MR) is 146 cm³/mol. The van der Waals surface area contributed by atoms with Crippen molar-refractivity contribution < 1.29 is 9.59 Å². The lowest BCUT2D eigenvalue weighted by molar-refractivity contribution is -0.130. The summed E-state index contributed by atoms with van der Waals surface area (Å²) in [6.07, 6.45) is 3.53. The summed E-state index contributed by atoms with van der Waals surface area (Å²) in [6.45, 7) is 7.18. The van der Waals surface area contributed by atoms with E-state index in [1.54, 1.807) is 30.3 Å². The van der Waals surface area contributed by atoms with Gasteiger partial charge >= 0.3 is 0 Å². The highest BCUT2D eigenvalue weighted by Gasteiger charge is 2.50. The molecule has 0 radical (unpaired) electrons. The smallest absolute Gasteiger partial charge is 0.274 e. The van der Waals surface area contributed by atoms with E-state index in [1.165, 1.54) is 0 Å². The van der Waals surface area contributed by atoms with Crippen LogP contribution in [0.3, 0.4) is 0 Å². The van der Waals surface area contributed by atoms with Gasteiger partial charge in [-0.3, -0.25) is 19.9 Å². The number of amides is 2. The molecule has 3 aromatic rings. The number of carbonyl (C=O) groups is 2. The number of halogens is 2. The molecule has 11 heteroatoms. The third kappa shape index (κ3) is 5.31. The number of anilines is 1. The van der Waals surface area contributed by atoms with E-state index in [-0.39, 0.29) is 23.2 Å². The number of aromatic amines is 1. The van der Waals surface area contributed by atoms with Crippen molar-refractivity contribution in [2.75, 3.05) is 5.32 Å². The maximum absolute atomic E-state index is 13.9. The van der Waals surface area contributed by atoms with Crippen LogP contribution in [0, 0.1) is 11.3 Å². The summed E-state index contributed by atoms with van der Waals surface area (Å²) in [6, 6.07) is 12.2. The average Bonchev–Trinajstić information content (AvgIpc) is 3.46. The molecule has 2 aromatic carbocycles. The van der Waals surface area contributed by atoms with Gasteiger partial charge < -0.3 is 4.90 Å². The second-order valence-electron chi connectivity index (χ2n) is 11.0. The summed E-state index contributed by atoms with van der Waals surface area (Å²) in [5, 5.41) is 16.7. The summed E-state index contributed by atoms with van der Waals surface area (Å²) in [5.41, 5.74) is 1.92. The quantitative estimate of drug-likeness (QED) is 0.431. The highest BCUT2D eigenvalue weighted by Crippen LogP contribution is 2.47. The molecule has 5 rings (SSSR count). The van der Waals surface area contributed by atoms with Gasteiger partial charge in [-0.2, -0.15) is 5.21 Å². The zero-order chi connectivity index (χ0) is 27.1. The van der Waals surface area contributed by atoms with Gasteiger partial charge in [0.25, 0.3) is 17.8 Å². The Morgan fingerprint density at radius 1 is 1.11 bits per heavy atom. The van der Waals surface area contributed by atoms with Crippen LogP contribution in [0.5, 0.6) is 0 Å². The number of carbonyl (C=O) groups excluding carboxylic acids is 2. The van der Waals surface area contributed by atoms with Gasteiger partial charge in [-0.1, -0.05) is 61.2 Å². The fourth-order valence-electron chi connectivity index (χ4n) is 5.39. The Kier molecular flexibility index (Phi) is 7.00. The minimum absolute atomic E-state index is 0.0975. The monoisotopic (exact) mass is 553 g/mol. The van der Waals surface area contributed by atoms with E-state index in [0.717, 1.165) is 31.2 Å². The molecule has 1 spiro atoms. The first-order chi connectivity index (χ1) is 18.0. The number of hydrogen-bond donors (Lipinski definition) is 2. The number of hydrogen-bond acceptors (Lipinski definition) is 6. The lowest BCUT2D eigenvalue weighted by Gasteiger charge is -2.44. The van der Waals surface area contributed by atoms with Crippen LogP contribution in [0.25, 0.3) is 0 Å². The number of H-pyrrole nitrogens is 1. The minimum Gasteiger partial charge on any atom is -0.308 e. The first-order valence-corrected chi connectivity index (χ1v) is 13.3. The molecule has 9 nitrogen and oxygen atoms in total. The summed E-state index contributed by atoms with van der Waals surface area (Å²) in [5.74, 6) is 0.161. The van der Waals surface area contributed by atoms with E-state index in [9.17, 15) is 9.59 Å². The Balaban J connectivity index is 1.41. The van der Waals surface area contributed by atoms with Crippen LogP contribution in [0.15, 0.2) is 47.5 Å². The molecule has 0 bridgehead atoms. The summed E-state index contributed by atoms with van der Waals surface area (Å²) >= 11 is 12.5. The van der Waals surface area contributed by atoms with Gasteiger partial charge in [-0.05, 0) is 78.1 Å². The molecule has 0 unspecified atom stereocenters. The molecular formula is C27H29Cl2N7O2. The number of benzene rings is 2. The van der Waals surface area contributed by atoms with Crippen LogP contribution < -0.4 is 5.32 Å². The Hall–Kier alpha value is -3.30. The largest absolute Gasteiger partial charge is 0.308 e. The van der Waals surface area contributed by atoms with Crippen LogP contribution >= 0.6 is 23.2 Å². The molecule has 1 fully saturated rings. The fourth-order valence-corrected chi connectivity index (χ4v) is 5.92. The van der Waals surface area contributed by atoms with Gasteiger partial charge in [-0.25, -0.2) is 0 Å². The molecule has 1 aliphatic heterocycles. The first-order valence-electron chi connectivity index (χ1n) is 12.6. The molecule has 38 heavy (non-hydrogen) atoms. The summed E-state index contributed by atoms with van der Waals surface area (Å²) in [7, 11) is 0. The van der Waals surface area contributed by atoms with Crippen LogP contribution in [0.1, 0.15) is 67.9 Å². The average molecular weight is 554 g/mol. The topological polar surface area (TPSA) is 116 Å². The van der Waals surface area contributed by atoms with E-state index >= 15 is 0 Å². The Morgan fingerprint density at radius 2 is 1.76 bits per heavy atom. The zero-order valence-corrected chi connectivity index (χ0v) is 23.0. The molecule has 2 heterocycles. The van der Waals surface area contributed by atoms with Crippen molar-refractivity contribution in [1.82, 2.24) is 25.5 Å². The molecule has 198 valence electrons. The van der Waals surface area contributed by atoms with Gasteiger partial charge in [0.05, 0.1) is 0 Å². The van der Waals surface area contributed by atoms with E-state index in [2.05, 4.69) is 46.7 Å². The van der Waals surface area contributed by atoms with Gasteiger partial charge in [0.2, 0.25) is 0 Å². The molecule has 1 aromatic heterocycles. The van der Waals surface area contributed by atoms with Crippen molar-refractivity contribution in [3.63, 3.8) is 0 Å². The van der Waals surface area contributed by atoms with Crippen molar-refractivity contribution in [2.24, 2.45) is 16.3 Å². The van der Waals surface area contributed by atoms with Crippen molar-refractivity contribution in [3.05, 3.63) is 69.2 Å². The fraction of sp³-hybridized carbons (Fsp3) is 0.407. The van der Waals surface area contributed by atoms with Gasteiger partial charge in [-0.15, -0.1) is 5.10 Å². The molecule has 2 aliphatic rings. The predicted octanol–water partition coefficient (Wildman–Crippen LogP) is 5.52. The molecule has 2 N–H and O–H groups in total.